The molecule has 0 spiro atoms. The van der Waals surface area contributed by atoms with Gasteiger partial charge < -0.3 is 15.2 Å². The van der Waals surface area contributed by atoms with E-state index in [9.17, 15) is 9.59 Å². The molecule has 2 heterocycles. The fourth-order valence-corrected chi connectivity index (χ4v) is 3.17. The van der Waals surface area contributed by atoms with E-state index in [1.165, 1.54) is 11.3 Å². The molecule has 0 radical (unpaired) electrons. The van der Waals surface area contributed by atoms with Gasteiger partial charge in [0.1, 0.15) is 0 Å². The standard InChI is InChI=1S/C13H21N3O2S/c1-9-8-19-13(18)16(9)7-5-12(17)15-11-4-3-6-14-10(11)2/h8,10-11,14H,3-7H2,1-2H3,(H,15,17). The zero-order valence-electron chi connectivity index (χ0n) is 11.4. The van der Waals surface area contributed by atoms with Crippen molar-refractivity contribution in [2.45, 2.75) is 51.7 Å². The SMILES string of the molecule is Cc1csc(=O)n1CCC(=O)NC1CCCNC1C. The van der Waals surface area contributed by atoms with Crippen molar-refractivity contribution < 1.29 is 4.79 Å². The second kappa shape index (κ2) is 6.34. The largest absolute Gasteiger partial charge is 0.352 e. The Morgan fingerprint density at radius 1 is 1.63 bits per heavy atom. The highest BCUT2D eigenvalue weighted by Crippen LogP contribution is 2.08. The van der Waals surface area contributed by atoms with Crippen LogP contribution in [0, 0.1) is 6.92 Å². The van der Waals surface area contributed by atoms with Crippen LogP contribution in [0.5, 0.6) is 0 Å². The molecule has 2 N–H and O–H groups in total. The first-order valence-electron chi connectivity index (χ1n) is 6.75. The van der Waals surface area contributed by atoms with Crippen molar-refractivity contribution in [2.24, 2.45) is 0 Å². The van der Waals surface area contributed by atoms with Gasteiger partial charge in [-0.1, -0.05) is 11.3 Å². The molecule has 1 amide bonds. The molecule has 19 heavy (non-hydrogen) atoms. The molecule has 106 valence electrons. The first-order valence-corrected chi connectivity index (χ1v) is 7.63. The number of nitrogens with one attached hydrogen (secondary N) is 2. The number of carbonyl (C=O) groups excluding carboxylic acids is 1. The van der Waals surface area contributed by atoms with Gasteiger partial charge in [-0.15, -0.1) is 0 Å². The van der Waals surface area contributed by atoms with Crippen molar-refractivity contribution in [2.75, 3.05) is 6.54 Å². The maximum Gasteiger partial charge on any atom is 0.307 e. The molecule has 1 fully saturated rings. The number of hydrogen-bond acceptors (Lipinski definition) is 4. The van der Waals surface area contributed by atoms with E-state index in [0.29, 0.717) is 19.0 Å². The van der Waals surface area contributed by atoms with E-state index in [2.05, 4.69) is 17.6 Å². The quantitative estimate of drug-likeness (QED) is 0.861. The first kappa shape index (κ1) is 14.3. The van der Waals surface area contributed by atoms with Crippen LogP contribution in [0.3, 0.4) is 0 Å². The summed E-state index contributed by atoms with van der Waals surface area (Å²) in [6, 6.07) is 0.532. The zero-order valence-corrected chi connectivity index (χ0v) is 12.3. The number of aryl methyl sites for hydroxylation is 1. The second-order valence-corrected chi connectivity index (χ2v) is 5.92. The van der Waals surface area contributed by atoms with E-state index in [1.807, 2.05) is 12.3 Å². The normalized spacial score (nSPS) is 23.3. The highest BCUT2D eigenvalue weighted by molar-refractivity contribution is 7.07. The molecular weight excluding hydrogens is 262 g/mol. The summed E-state index contributed by atoms with van der Waals surface area (Å²) < 4.78 is 1.66. The molecule has 1 aliphatic rings. The molecule has 2 rings (SSSR count). The van der Waals surface area contributed by atoms with Crippen LogP contribution in [0.2, 0.25) is 0 Å². The molecule has 0 bridgehead atoms. The predicted molar refractivity (Wildman–Crippen MR) is 76.6 cm³/mol. The van der Waals surface area contributed by atoms with Gasteiger partial charge in [0.15, 0.2) is 0 Å². The molecule has 0 aromatic carbocycles. The van der Waals surface area contributed by atoms with Gasteiger partial charge in [0.25, 0.3) is 0 Å². The van der Waals surface area contributed by atoms with Crippen molar-refractivity contribution in [3.8, 4) is 0 Å². The van der Waals surface area contributed by atoms with Gasteiger partial charge in [0.05, 0.1) is 0 Å². The van der Waals surface area contributed by atoms with E-state index in [1.54, 1.807) is 4.57 Å². The van der Waals surface area contributed by atoms with Gasteiger partial charge >= 0.3 is 4.87 Å². The molecule has 0 saturated carbocycles. The molecule has 1 aromatic heterocycles. The van der Waals surface area contributed by atoms with Crippen LogP contribution in [-0.2, 0) is 11.3 Å². The lowest BCUT2D eigenvalue weighted by Crippen LogP contribution is -2.52. The molecule has 2 atom stereocenters. The molecule has 1 aromatic rings. The minimum Gasteiger partial charge on any atom is -0.352 e. The molecular formula is C13H21N3O2S. The maximum atomic E-state index is 11.9. The summed E-state index contributed by atoms with van der Waals surface area (Å²) in [5, 5.41) is 8.24. The summed E-state index contributed by atoms with van der Waals surface area (Å²) >= 11 is 1.18. The molecule has 1 saturated heterocycles. The Kier molecular flexibility index (Phi) is 4.76. The minimum absolute atomic E-state index is 0.0120. The Hall–Kier alpha value is -1.14. The summed E-state index contributed by atoms with van der Waals surface area (Å²) in [4.78, 5) is 23.5. The number of amides is 1. The van der Waals surface area contributed by atoms with Crippen LogP contribution in [0.15, 0.2) is 10.2 Å². The Morgan fingerprint density at radius 2 is 2.42 bits per heavy atom. The fraction of sp³-hybridized carbons (Fsp3) is 0.692. The Bertz CT molecular complexity index is 494. The Labute approximate surface area is 117 Å². The van der Waals surface area contributed by atoms with Crippen LogP contribution in [0.1, 0.15) is 31.9 Å². The predicted octanol–water partition coefficient (Wildman–Crippen LogP) is 0.865. The van der Waals surface area contributed by atoms with E-state index in [-0.39, 0.29) is 16.8 Å². The summed E-state index contributed by atoms with van der Waals surface area (Å²) in [6.07, 6.45) is 2.48. The van der Waals surface area contributed by atoms with Gasteiger partial charge in [-0.05, 0) is 33.2 Å². The van der Waals surface area contributed by atoms with Gasteiger partial charge in [-0.2, -0.15) is 0 Å². The van der Waals surface area contributed by atoms with Crippen LogP contribution >= 0.6 is 11.3 Å². The van der Waals surface area contributed by atoms with Crippen LogP contribution < -0.4 is 15.5 Å². The number of hydrogen-bond donors (Lipinski definition) is 2. The third-order valence-electron chi connectivity index (χ3n) is 3.65. The van der Waals surface area contributed by atoms with Gasteiger partial charge in [0, 0.05) is 36.1 Å². The third kappa shape index (κ3) is 3.67. The lowest BCUT2D eigenvalue weighted by molar-refractivity contribution is -0.122. The van der Waals surface area contributed by atoms with Crippen LogP contribution in [0.4, 0.5) is 0 Å². The van der Waals surface area contributed by atoms with Gasteiger partial charge in [0.2, 0.25) is 5.91 Å². The summed E-state index contributed by atoms with van der Waals surface area (Å²) in [5.41, 5.74) is 0.926. The van der Waals surface area contributed by atoms with Crippen LogP contribution in [-0.4, -0.2) is 29.1 Å². The van der Waals surface area contributed by atoms with Crippen molar-refractivity contribution in [1.29, 1.82) is 0 Å². The first-order chi connectivity index (χ1) is 9.08. The number of aromatic nitrogens is 1. The van der Waals surface area contributed by atoms with Gasteiger partial charge in [-0.25, -0.2) is 0 Å². The van der Waals surface area contributed by atoms with E-state index in [0.717, 1.165) is 25.1 Å². The van der Waals surface area contributed by atoms with Crippen molar-refractivity contribution in [3.05, 3.63) is 20.7 Å². The number of thiazole rings is 1. The monoisotopic (exact) mass is 283 g/mol. The van der Waals surface area contributed by atoms with Crippen molar-refractivity contribution in [1.82, 2.24) is 15.2 Å². The Morgan fingerprint density at radius 3 is 3.05 bits per heavy atom. The lowest BCUT2D eigenvalue weighted by Gasteiger charge is -2.30. The maximum absolute atomic E-state index is 11.9. The summed E-state index contributed by atoms with van der Waals surface area (Å²) in [5.74, 6) is 0.0260. The number of rotatable bonds is 4. The molecule has 1 aliphatic heterocycles. The summed E-state index contributed by atoms with van der Waals surface area (Å²) in [7, 11) is 0. The molecule has 0 aliphatic carbocycles. The van der Waals surface area contributed by atoms with E-state index < -0.39 is 0 Å². The third-order valence-corrected chi connectivity index (χ3v) is 4.53. The fourth-order valence-electron chi connectivity index (χ4n) is 2.41. The average molecular weight is 283 g/mol. The molecule has 2 unspecified atom stereocenters. The highest BCUT2D eigenvalue weighted by Gasteiger charge is 2.22. The van der Waals surface area contributed by atoms with Gasteiger partial charge in [-0.3, -0.25) is 9.59 Å². The lowest BCUT2D eigenvalue weighted by atomic mass is 10.00. The molecule has 5 nitrogen and oxygen atoms in total. The van der Waals surface area contributed by atoms with Crippen molar-refractivity contribution >= 4 is 17.2 Å². The second-order valence-electron chi connectivity index (χ2n) is 5.10. The smallest absolute Gasteiger partial charge is 0.307 e. The van der Waals surface area contributed by atoms with Crippen LogP contribution in [0.25, 0.3) is 0 Å². The minimum atomic E-state index is 0.0120. The topological polar surface area (TPSA) is 63.1 Å². The summed E-state index contributed by atoms with van der Waals surface area (Å²) in [6.45, 7) is 5.48. The number of nitrogens with zero attached hydrogens (tertiary/aromatic N) is 1. The number of carbonyl (C=O) groups is 1. The molecule has 6 heteroatoms. The van der Waals surface area contributed by atoms with E-state index in [4.69, 9.17) is 0 Å². The van der Waals surface area contributed by atoms with E-state index >= 15 is 0 Å². The average Bonchev–Trinajstić information content (AvgIpc) is 2.70. The highest BCUT2D eigenvalue weighted by atomic mass is 32.1. The number of piperidine rings is 1. The zero-order chi connectivity index (χ0) is 13.8. The van der Waals surface area contributed by atoms with Crippen molar-refractivity contribution in [3.63, 3.8) is 0 Å². The Balaban J connectivity index is 1.83.